The molecule has 0 aliphatic rings. The lowest BCUT2D eigenvalue weighted by atomic mass is 10.1. The number of esters is 1. The SMILES string of the molecule is CCOC(=O)c1ccc(S(=O)(=O)c2ccc(CCCN(Cc3ccccc3)CC(O)c3cccc(Cl)c3)cc2)cc1. The Morgan fingerprint density at radius 3 is 2.17 bits per heavy atom. The molecule has 0 amide bonds. The molecule has 0 aromatic heterocycles. The molecule has 0 saturated heterocycles. The van der Waals surface area contributed by atoms with Gasteiger partial charge in [0.05, 0.1) is 28.1 Å². The van der Waals surface area contributed by atoms with E-state index in [1.165, 1.54) is 24.3 Å². The molecule has 6 nitrogen and oxygen atoms in total. The van der Waals surface area contributed by atoms with Crippen LogP contribution in [-0.2, 0) is 27.5 Å². The van der Waals surface area contributed by atoms with Gasteiger partial charge in [-0.05, 0) is 91.5 Å². The minimum atomic E-state index is -3.72. The Kier molecular flexibility index (Phi) is 10.7. The highest BCUT2D eigenvalue weighted by molar-refractivity contribution is 7.91. The van der Waals surface area contributed by atoms with E-state index in [9.17, 15) is 18.3 Å². The zero-order chi connectivity index (χ0) is 29.2. The molecule has 0 bridgehead atoms. The third kappa shape index (κ3) is 8.50. The molecule has 1 atom stereocenters. The molecule has 0 fully saturated rings. The quantitative estimate of drug-likeness (QED) is 0.178. The number of rotatable bonds is 13. The van der Waals surface area contributed by atoms with Crippen LogP contribution in [0, 0.1) is 0 Å². The Labute approximate surface area is 247 Å². The van der Waals surface area contributed by atoms with Crippen molar-refractivity contribution in [3.05, 3.63) is 130 Å². The lowest BCUT2D eigenvalue weighted by Gasteiger charge is -2.25. The molecular formula is C33H34ClNO5S. The fraction of sp³-hybridized carbons (Fsp3) is 0.242. The van der Waals surface area contributed by atoms with Crippen LogP contribution in [0.15, 0.2) is 113 Å². The van der Waals surface area contributed by atoms with Crippen molar-refractivity contribution in [2.75, 3.05) is 19.7 Å². The maximum Gasteiger partial charge on any atom is 0.338 e. The van der Waals surface area contributed by atoms with E-state index in [4.69, 9.17) is 16.3 Å². The third-order valence-electron chi connectivity index (χ3n) is 6.76. The molecule has 4 aromatic rings. The van der Waals surface area contributed by atoms with Crippen LogP contribution >= 0.6 is 11.6 Å². The highest BCUT2D eigenvalue weighted by Gasteiger charge is 2.19. The molecule has 8 heteroatoms. The van der Waals surface area contributed by atoms with E-state index >= 15 is 0 Å². The number of benzene rings is 4. The highest BCUT2D eigenvalue weighted by atomic mass is 35.5. The molecule has 4 aromatic carbocycles. The van der Waals surface area contributed by atoms with Crippen LogP contribution in [0.1, 0.15) is 46.5 Å². The number of ether oxygens (including phenoxy) is 1. The minimum Gasteiger partial charge on any atom is -0.462 e. The normalized spacial score (nSPS) is 12.3. The molecule has 0 saturated carbocycles. The summed E-state index contributed by atoms with van der Waals surface area (Å²) >= 11 is 6.13. The van der Waals surface area contributed by atoms with E-state index in [1.807, 2.05) is 42.5 Å². The number of aliphatic hydroxyl groups is 1. The maximum absolute atomic E-state index is 13.1. The Morgan fingerprint density at radius 1 is 0.878 bits per heavy atom. The number of carbonyl (C=O) groups excluding carboxylic acids is 1. The number of sulfone groups is 1. The van der Waals surface area contributed by atoms with Gasteiger partial charge in [-0.1, -0.05) is 66.2 Å². The number of nitrogens with zero attached hydrogens (tertiary/aromatic N) is 1. The summed E-state index contributed by atoms with van der Waals surface area (Å²) in [5, 5.41) is 11.5. The van der Waals surface area contributed by atoms with Crippen molar-refractivity contribution in [3.8, 4) is 0 Å². The molecule has 1 N–H and O–H groups in total. The van der Waals surface area contributed by atoms with E-state index in [2.05, 4.69) is 17.0 Å². The second kappa shape index (κ2) is 14.4. The number of hydrogen-bond donors (Lipinski definition) is 1. The first-order chi connectivity index (χ1) is 19.8. The lowest BCUT2D eigenvalue weighted by molar-refractivity contribution is 0.0526. The van der Waals surface area contributed by atoms with Crippen molar-refractivity contribution in [1.29, 1.82) is 0 Å². The molecule has 214 valence electrons. The molecule has 0 aliphatic carbocycles. The molecule has 41 heavy (non-hydrogen) atoms. The Morgan fingerprint density at radius 2 is 1.54 bits per heavy atom. The Bertz CT molecular complexity index is 1520. The van der Waals surface area contributed by atoms with Crippen LogP contribution < -0.4 is 0 Å². The summed E-state index contributed by atoms with van der Waals surface area (Å²) < 4.78 is 31.2. The second-order valence-corrected chi connectivity index (χ2v) is 12.2. The average molecular weight is 592 g/mol. The Hall–Kier alpha value is -3.49. The fourth-order valence-corrected chi connectivity index (χ4v) is 6.06. The summed E-state index contributed by atoms with van der Waals surface area (Å²) in [6, 6.07) is 30.1. The van der Waals surface area contributed by atoms with Gasteiger partial charge in [0.15, 0.2) is 0 Å². The van der Waals surface area contributed by atoms with Gasteiger partial charge in [0.25, 0.3) is 0 Å². The number of aryl methyl sites for hydroxylation is 1. The van der Waals surface area contributed by atoms with Gasteiger partial charge in [0.2, 0.25) is 9.84 Å². The lowest BCUT2D eigenvalue weighted by Crippen LogP contribution is -2.29. The van der Waals surface area contributed by atoms with Gasteiger partial charge < -0.3 is 9.84 Å². The van der Waals surface area contributed by atoms with Crippen molar-refractivity contribution in [3.63, 3.8) is 0 Å². The first-order valence-electron chi connectivity index (χ1n) is 13.6. The Balaban J connectivity index is 1.38. The smallest absolute Gasteiger partial charge is 0.338 e. The molecular weight excluding hydrogens is 558 g/mol. The van der Waals surface area contributed by atoms with Crippen LogP contribution in [0.2, 0.25) is 5.02 Å². The van der Waals surface area contributed by atoms with Gasteiger partial charge in [-0.15, -0.1) is 0 Å². The first kappa shape index (κ1) is 30.5. The molecule has 0 aliphatic heterocycles. The average Bonchev–Trinajstić information content (AvgIpc) is 2.98. The summed E-state index contributed by atoms with van der Waals surface area (Å²) in [6.07, 6.45) is 0.914. The number of carbonyl (C=O) groups is 1. The number of halogens is 1. The van der Waals surface area contributed by atoms with E-state index in [0.717, 1.165) is 36.1 Å². The topological polar surface area (TPSA) is 83.9 Å². The number of aliphatic hydroxyl groups excluding tert-OH is 1. The van der Waals surface area contributed by atoms with Gasteiger partial charge in [-0.3, -0.25) is 4.90 Å². The van der Waals surface area contributed by atoms with E-state index < -0.39 is 21.9 Å². The van der Waals surface area contributed by atoms with Crippen molar-refractivity contribution in [2.45, 2.75) is 42.2 Å². The van der Waals surface area contributed by atoms with Crippen molar-refractivity contribution < 1.29 is 23.1 Å². The fourth-order valence-electron chi connectivity index (χ4n) is 4.60. The molecule has 4 rings (SSSR count). The number of hydrogen-bond acceptors (Lipinski definition) is 6. The molecule has 1 unspecified atom stereocenters. The monoisotopic (exact) mass is 591 g/mol. The van der Waals surface area contributed by atoms with Crippen molar-refractivity contribution >= 4 is 27.4 Å². The van der Waals surface area contributed by atoms with Gasteiger partial charge in [0.1, 0.15) is 0 Å². The first-order valence-corrected chi connectivity index (χ1v) is 15.4. The van der Waals surface area contributed by atoms with Gasteiger partial charge >= 0.3 is 5.97 Å². The summed E-state index contributed by atoms with van der Waals surface area (Å²) in [4.78, 5) is 14.4. The van der Waals surface area contributed by atoms with Gasteiger partial charge in [0, 0.05) is 18.1 Å². The van der Waals surface area contributed by atoms with E-state index in [-0.39, 0.29) is 16.4 Å². The summed E-state index contributed by atoms with van der Waals surface area (Å²) in [6.45, 7) is 3.88. The summed E-state index contributed by atoms with van der Waals surface area (Å²) in [5.74, 6) is -0.484. The van der Waals surface area contributed by atoms with Crippen LogP contribution in [0.25, 0.3) is 0 Å². The largest absolute Gasteiger partial charge is 0.462 e. The zero-order valence-electron chi connectivity index (χ0n) is 22.9. The molecule has 0 radical (unpaired) electrons. The van der Waals surface area contributed by atoms with Crippen LogP contribution in [0.3, 0.4) is 0 Å². The molecule has 0 heterocycles. The van der Waals surface area contributed by atoms with Gasteiger partial charge in [-0.25, -0.2) is 13.2 Å². The zero-order valence-corrected chi connectivity index (χ0v) is 24.5. The van der Waals surface area contributed by atoms with Crippen LogP contribution in [0.5, 0.6) is 0 Å². The van der Waals surface area contributed by atoms with Gasteiger partial charge in [-0.2, -0.15) is 0 Å². The van der Waals surface area contributed by atoms with Crippen molar-refractivity contribution in [2.24, 2.45) is 0 Å². The predicted molar refractivity (Wildman–Crippen MR) is 161 cm³/mol. The maximum atomic E-state index is 13.1. The second-order valence-electron chi connectivity index (χ2n) is 9.79. The predicted octanol–water partition coefficient (Wildman–Crippen LogP) is 6.52. The summed E-state index contributed by atoms with van der Waals surface area (Å²) in [5.41, 5.74) is 3.28. The van der Waals surface area contributed by atoms with Crippen LogP contribution in [0.4, 0.5) is 0 Å². The van der Waals surface area contributed by atoms with E-state index in [1.54, 1.807) is 31.2 Å². The molecule has 0 spiro atoms. The standard InChI is InChI=1S/C33H34ClNO5S/c1-2-40-33(37)27-15-19-31(20-16-27)41(38,39)30-17-13-25(14-18-30)10-7-21-35(23-26-8-4-3-5-9-26)24-32(36)28-11-6-12-29(34)22-28/h3-6,8-9,11-20,22,32,36H,2,7,10,21,23-24H2,1H3. The van der Waals surface area contributed by atoms with Crippen molar-refractivity contribution in [1.82, 2.24) is 4.90 Å². The highest BCUT2D eigenvalue weighted by Crippen LogP contribution is 2.23. The van der Waals surface area contributed by atoms with Crippen LogP contribution in [-0.4, -0.2) is 44.1 Å². The minimum absolute atomic E-state index is 0.119. The third-order valence-corrected chi connectivity index (χ3v) is 8.78. The summed E-state index contributed by atoms with van der Waals surface area (Å²) in [7, 11) is -3.72. The van der Waals surface area contributed by atoms with E-state index in [0.29, 0.717) is 23.7 Å².